The summed E-state index contributed by atoms with van der Waals surface area (Å²) in [5, 5.41) is 3.44. The summed E-state index contributed by atoms with van der Waals surface area (Å²) in [6.07, 6.45) is 0. The van der Waals surface area contributed by atoms with Gasteiger partial charge in [0.2, 0.25) is 0 Å². The van der Waals surface area contributed by atoms with E-state index in [1.165, 1.54) is 11.1 Å². The quantitative estimate of drug-likeness (QED) is 0.775. The fraction of sp³-hybridized carbons (Fsp3) is 0.625. The Morgan fingerprint density at radius 2 is 1.53 bits per heavy atom. The summed E-state index contributed by atoms with van der Waals surface area (Å²) in [7, 11) is 6.41. The Morgan fingerprint density at radius 1 is 0.947 bits per heavy atom. The molecule has 0 amide bonds. The van der Waals surface area contributed by atoms with Crippen molar-refractivity contribution < 1.29 is 0 Å². The average Bonchev–Trinajstić information content (AvgIpc) is 2.35. The third-order valence-electron chi connectivity index (χ3n) is 3.12. The molecule has 0 radical (unpaired) electrons. The molecule has 0 aliphatic rings. The molecule has 0 bridgehead atoms. The van der Waals surface area contributed by atoms with Gasteiger partial charge in [0.1, 0.15) is 0 Å². The van der Waals surface area contributed by atoms with Crippen molar-refractivity contribution in [1.29, 1.82) is 0 Å². The van der Waals surface area contributed by atoms with Crippen LogP contribution in [-0.2, 0) is 13.1 Å². The van der Waals surface area contributed by atoms with Gasteiger partial charge >= 0.3 is 0 Å². The second-order valence-corrected chi connectivity index (χ2v) is 5.89. The number of benzene rings is 1. The Morgan fingerprint density at radius 3 is 2.05 bits per heavy atom. The maximum Gasteiger partial charge on any atom is 0.0231 e. The lowest BCUT2D eigenvalue weighted by molar-refractivity contribution is 0.276. The standard InChI is InChI=1S/C16H29N3/c1-14(2)17-12-15-6-8-16(9-7-15)13-19(5)11-10-18(3)4/h6-9,14,17H,10-13H2,1-5H3. The van der Waals surface area contributed by atoms with Crippen LogP contribution in [0, 0.1) is 0 Å². The molecule has 1 aromatic carbocycles. The minimum Gasteiger partial charge on any atom is -0.310 e. The summed E-state index contributed by atoms with van der Waals surface area (Å²) in [6.45, 7) is 8.53. The van der Waals surface area contributed by atoms with E-state index in [2.05, 4.69) is 74.4 Å². The first-order chi connectivity index (χ1) is 8.97. The highest BCUT2D eigenvalue weighted by Crippen LogP contribution is 2.07. The van der Waals surface area contributed by atoms with Crippen LogP contribution < -0.4 is 5.32 Å². The van der Waals surface area contributed by atoms with E-state index in [-0.39, 0.29) is 0 Å². The van der Waals surface area contributed by atoms with Crippen molar-refractivity contribution >= 4 is 0 Å². The zero-order valence-electron chi connectivity index (χ0n) is 13.1. The molecule has 19 heavy (non-hydrogen) atoms. The maximum atomic E-state index is 3.44. The molecule has 0 atom stereocenters. The van der Waals surface area contributed by atoms with Crippen LogP contribution in [0.1, 0.15) is 25.0 Å². The van der Waals surface area contributed by atoms with E-state index >= 15 is 0 Å². The minimum absolute atomic E-state index is 0.539. The summed E-state index contributed by atoms with van der Waals surface area (Å²) in [4.78, 5) is 4.58. The monoisotopic (exact) mass is 263 g/mol. The molecule has 0 spiro atoms. The first kappa shape index (κ1) is 16.2. The van der Waals surface area contributed by atoms with Crippen LogP contribution in [0.4, 0.5) is 0 Å². The number of nitrogens with one attached hydrogen (secondary N) is 1. The summed E-state index contributed by atoms with van der Waals surface area (Å²) in [5.74, 6) is 0. The third kappa shape index (κ3) is 7.31. The van der Waals surface area contributed by atoms with E-state index in [9.17, 15) is 0 Å². The van der Waals surface area contributed by atoms with Gasteiger partial charge in [-0.15, -0.1) is 0 Å². The molecule has 3 heteroatoms. The predicted molar refractivity (Wildman–Crippen MR) is 83.3 cm³/mol. The van der Waals surface area contributed by atoms with E-state index in [0.717, 1.165) is 26.2 Å². The molecule has 1 rings (SSSR count). The normalized spacial score (nSPS) is 11.8. The van der Waals surface area contributed by atoms with Crippen molar-refractivity contribution in [3.05, 3.63) is 35.4 Å². The molecule has 0 aliphatic carbocycles. The first-order valence-corrected chi connectivity index (χ1v) is 7.12. The summed E-state index contributed by atoms with van der Waals surface area (Å²) >= 11 is 0. The number of likely N-dealkylation sites (N-methyl/N-ethyl adjacent to an activating group) is 2. The molecular weight excluding hydrogens is 234 g/mol. The Kier molecular flexibility index (Phi) is 7.06. The second kappa shape index (κ2) is 8.31. The first-order valence-electron chi connectivity index (χ1n) is 7.12. The zero-order chi connectivity index (χ0) is 14.3. The molecule has 1 aromatic rings. The Balaban J connectivity index is 2.39. The Hall–Kier alpha value is -0.900. The van der Waals surface area contributed by atoms with Crippen LogP contribution in [0.15, 0.2) is 24.3 Å². The van der Waals surface area contributed by atoms with Crippen LogP contribution in [0.3, 0.4) is 0 Å². The van der Waals surface area contributed by atoms with E-state index < -0.39 is 0 Å². The minimum atomic E-state index is 0.539. The molecule has 0 heterocycles. The van der Waals surface area contributed by atoms with Gasteiger partial charge in [0, 0.05) is 32.2 Å². The summed E-state index contributed by atoms with van der Waals surface area (Å²) in [6, 6.07) is 9.47. The van der Waals surface area contributed by atoms with Crippen molar-refractivity contribution in [3.8, 4) is 0 Å². The molecule has 0 aromatic heterocycles. The van der Waals surface area contributed by atoms with Crippen molar-refractivity contribution in [2.75, 3.05) is 34.2 Å². The van der Waals surface area contributed by atoms with Crippen LogP contribution in [0.25, 0.3) is 0 Å². The van der Waals surface area contributed by atoms with Crippen molar-refractivity contribution in [1.82, 2.24) is 15.1 Å². The second-order valence-electron chi connectivity index (χ2n) is 5.89. The van der Waals surface area contributed by atoms with Gasteiger partial charge in [-0.2, -0.15) is 0 Å². The predicted octanol–water partition coefficient (Wildman–Crippen LogP) is 2.18. The lowest BCUT2D eigenvalue weighted by Crippen LogP contribution is -2.28. The van der Waals surface area contributed by atoms with Gasteiger partial charge in [-0.3, -0.25) is 0 Å². The highest BCUT2D eigenvalue weighted by Gasteiger charge is 2.01. The maximum absolute atomic E-state index is 3.44. The average molecular weight is 263 g/mol. The molecule has 0 fully saturated rings. The van der Waals surface area contributed by atoms with Crippen LogP contribution >= 0.6 is 0 Å². The number of nitrogens with zero attached hydrogens (tertiary/aromatic N) is 2. The fourth-order valence-electron chi connectivity index (χ4n) is 1.85. The fourth-order valence-corrected chi connectivity index (χ4v) is 1.85. The SMILES string of the molecule is CC(C)NCc1ccc(CN(C)CCN(C)C)cc1. The van der Waals surface area contributed by atoms with E-state index in [0.29, 0.717) is 6.04 Å². The summed E-state index contributed by atoms with van der Waals surface area (Å²) < 4.78 is 0. The molecule has 3 nitrogen and oxygen atoms in total. The molecule has 1 N–H and O–H groups in total. The molecular formula is C16H29N3. The van der Waals surface area contributed by atoms with E-state index in [4.69, 9.17) is 0 Å². The number of hydrogen-bond acceptors (Lipinski definition) is 3. The van der Waals surface area contributed by atoms with Gasteiger partial charge in [0.15, 0.2) is 0 Å². The number of rotatable bonds is 8. The molecule has 0 saturated heterocycles. The highest BCUT2D eigenvalue weighted by molar-refractivity contribution is 5.22. The van der Waals surface area contributed by atoms with Gasteiger partial charge in [0.05, 0.1) is 0 Å². The van der Waals surface area contributed by atoms with Crippen LogP contribution in [0.5, 0.6) is 0 Å². The Labute approximate surface area is 118 Å². The lowest BCUT2D eigenvalue weighted by Gasteiger charge is -2.19. The van der Waals surface area contributed by atoms with Gasteiger partial charge in [0.25, 0.3) is 0 Å². The van der Waals surface area contributed by atoms with E-state index in [1.54, 1.807) is 0 Å². The zero-order valence-corrected chi connectivity index (χ0v) is 13.1. The molecule has 108 valence electrons. The summed E-state index contributed by atoms with van der Waals surface area (Å²) in [5.41, 5.74) is 2.74. The Bertz CT molecular complexity index is 344. The third-order valence-corrected chi connectivity index (χ3v) is 3.12. The van der Waals surface area contributed by atoms with Gasteiger partial charge in [-0.05, 0) is 32.3 Å². The van der Waals surface area contributed by atoms with Crippen LogP contribution in [0.2, 0.25) is 0 Å². The van der Waals surface area contributed by atoms with Gasteiger partial charge in [-0.1, -0.05) is 38.1 Å². The van der Waals surface area contributed by atoms with Crippen molar-refractivity contribution in [3.63, 3.8) is 0 Å². The molecule has 0 unspecified atom stereocenters. The smallest absolute Gasteiger partial charge is 0.0231 e. The lowest BCUT2D eigenvalue weighted by atomic mass is 10.1. The van der Waals surface area contributed by atoms with Crippen LogP contribution in [-0.4, -0.2) is 50.1 Å². The van der Waals surface area contributed by atoms with Gasteiger partial charge in [-0.25, -0.2) is 0 Å². The highest BCUT2D eigenvalue weighted by atomic mass is 15.1. The van der Waals surface area contributed by atoms with Crippen molar-refractivity contribution in [2.45, 2.75) is 33.0 Å². The van der Waals surface area contributed by atoms with E-state index in [1.807, 2.05) is 0 Å². The number of hydrogen-bond donors (Lipinski definition) is 1. The van der Waals surface area contributed by atoms with Gasteiger partial charge < -0.3 is 15.1 Å². The molecule has 0 saturated carbocycles. The largest absolute Gasteiger partial charge is 0.310 e. The molecule has 0 aliphatic heterocycles. The van der Waals surface area contributed by atoms with Crippen molar-refractivity contribution in [2.24, 2.45) is 0 Å². The topological polar surface area (TPSA) is 18.5 Å².